The van der Waals surface area contributed by atoms with Crippen LogP contribution in [0.3, 0.4) is 0 Å². The van der Waals surface area contributed by atoms with Gasteiger partial charge in [0.15, 0.2) is 0 Å². The summed E-state index contributed by atoms with van der Waals surface area (Å²) in [5.74, 6) is 1.78. The number of rotatable bonds is 10. The van der Waals surface area contributed by atoms with Crippen LogP contribution in [-0.4, -0.2) is 34.7 Å². The second-order valence-corrected chi connectivity index (χ2v) is 9.45. The Kier molecular flexibility index (Phi) is 6.61. The number of H-pyrrole nitrogens is 1. The molecule has 0 bridgehead atoms. The Hall–Kier alpha value is -3.55. The van der Waals surface area contributed by atoms with E-state index in [1.54, 1.807) is 0 Å². The third-order valence-electron chi connectivity index (χ3n) is 7.39. The molecule has 1 saturated carbocycles. The molecule has 0 radical (unpaired) electrons. The van der Waals surface area contributed by atoms with E-state index in [4.69, 9.17) is 4.98 Å². The van der Waals surface area contributed by atoms with Crippen LogP contribution >= 0.6 is 0 Å². The average molecular weight is 472 g/mol. The monoisotopic (exact) mass is 471 g/mol. The van der Waals surface area contributed by atoms with E-state index in [2.05, 4.69) is 53.7 Å². The van der Waals surface area contributed by atoms with E-state index in [0.29, 0.717) is 30.2 Å². The minimum atomic E-state index is 0.101. The van der Waals surface area contributed by atoms with Gasteiger partial charge in [0, 0.05) is 35.3 Å². The molecule has 5 rings (SSSR count). The maximum atomic E-state index is 13.5. The van der Waals surface area contributed by atoms with Gasteiger partial charge in [0.05, 0.1) is 12.2 Å². The molecule has 8 heteroatoms. The van der Waals surface area contributed by atoms with Crippen molar-refractivity contribution in [1.82, 2.24) is 34.7 Å². The molecular formula is C27H33N7O. The Labute approximate surface area is 205 Å². The molecule has 8 nitrogen and oxygen atoms in total. The zero-order valence-corrected chi connectivity index (χ0v) is 20.7. The first-order valence-electron chi connectivity index (χ1n) is 12.7. The van der Waals surface area contributed by atoms with Gasteiger partial charge in [-0.2, -0.15) is 5.21 Å². The van der Waals surface area contributed by atoms with E-state index in [1.807, 2.05) is 45.7 Å². The van der Waals surface area contributed by atoms with Crippen LogP contribution in [0.15, 0.2) is 53.6 Å². The van der Waals surface area contributed by atoms with Crippen molar-refractivity contribution in [3.63, 3.8) is 0 Å². The molecule has 1 aliphatic rings. The van der Waals surface area contributed by atoms with Gasteiger partial charge in [-0.05, 0) is 41.5 Å². The summed E-state index contributed by atoms with van der Waals surface area (Å²) < 4.78 is 3.95. The summed E-state index contributed by atoms with van der Waals surface area (Å²) in [6.07, 6.45) is 9.32. The first kappa shape index (κ1) is 23.2. The van der Waals surface area contributed by atoms with Crippen LogP contribution < -0.4 is 5.69 Å². The molecule has 1 aromatic carbocycles. The van der Waals surface area contributed by atoms with Crippen LogP contribution in [0.1, 0.15) is 63.9 Å². The fraction of sp³-hybridized carbons (Fsp3) is 0.444. The molecule has 3 aromatic heterocycles. The Bertz CT molecular complexity index is 1310. The Morgan fingerprint density at radius 3 is 2.40 bits per heavy atom. The third-order valence-corrected chi connectivity index (χ3v) is 7.39. The van der Waals surface area contributed by atoms with Crippen LogP contribution in [0, 0.1) is 11.8 Å². The quantitative estimate of drug-likeness (QED) is 0.355. The molecule has 3 heterocycles. The maximum Gasteiger partial charge on any atom is 0.328 e. The van der Waals surface area contributed by atoms with Gasteiger partial charge in [-0.1, -0.05) is 70.4 Å². The molecule has 182 valence electrons. The lowest BCUT2D eigenvalue weighted by atomic mass is 10.0. The first-order valence-corrected chi connectivity index (χ1v) is 12.7. The normalized spacial score (nSPS) is 19.2. The van der Waals surface area contributed by atoms with Crippen LogP contribution in [0.25, 0.3) is 22.5 Å². The lowest BCUT2D eigenvalue weighted by Crippen LogP contribution is -2.26. The summed E-state index contributed by atoms with van der Waals surface area (Å²) in [6, 6.07) is 12.3. The summed E-state index contributed by atoms with van der Waals surface area (Å²) in [5.41, 5.74) is 4.94. The van der Waals surface area contributed by atoms with E-state index < -0.39 is 0 Å². The lowest BCUT2D eigenvalue weighted by Gasteiger charge is -2.09. The highest BCUT2D eigenvalue weighted by Crippen LogP contribution is 2.53. The zero-order chi connectivity index (χ0) is 24.4. The number of aromatic amines is 1. The Balaban J connectivity index is 1.43. The second kappa shape index (κ2) is 9.98. The van der Waals surface area contributed by atoms with Crippen molar-refractivity contribution >= 4 is 0 Å². The standard InChI is InChI=1S/C27H33N7O/c1-4-7-10-20-17-34(25-21(5-2)22(25)6-3)27(35)33(20)16-19-14-13-18(15-28-19)23-11-8-9-12-24(23)26-29-31-32-30-26/h8-9,11-15,17,21-22,25H,4-7,10,16H2,1-3H3,(H,29,30,31,32). The van der Waals surface area contributed by atoms with Gasteiger partial charge in [-0.15, -0.1) is 10.2 Å². The highest BCUT2D eigenvalue weighted by atomic mass is 16.1. The number of nitrogens with zero attached hydrogens (tertiary/aromatic N) is 6. The number of tetrazole rings is 1. The van der Waals surface area contributed by atoms with Gasteiger partial charge in [0.1, 0.15) is 0 Å². The van der Waals surface area contributed by atoms with E-state index >= 15 is 0 Å². The number of imidazole rings is 1. The molecule has 0 saturated heterocycles. The predicted octanol–water partition coefficient (Wildman–Crippen LogP) is 4.89. The van der Waals surface area contributed by atoms with Crippen LogP contribution in [0.4, 0.5) is 0 Å². The number of aryl methyl sites for hydroxylation is 1. The number of hydrogen-bond acceptors (Lipinski definition) is 5. The Morgan fingerprint density at radius 2 is 1.77 bits per heavy atom. The van der Waals surface area contributed by atoms with Crippen molar-refractivity contribution in [2.24, 2.45) is 11.8 Å². The van der Waals surface area contributed by atoms with Crippen molar-refractivity contribution in [3.05, 3.63) is 70.7 Å². The highest BCUT2D eigenvalue weighted by molar-refractivity contribution is 5.79. The number of unbranched alkanes of at least 4 members (excludes halogenated alkanes) is 1. The van der Waals surface area contributed by atoms with Crippen LogP contribution in [-0.2, 0) is 13.0 Å². The molecule has 0 aliphatic heterocycles. The highest BCUT2D eigenvalue weighted by Gasteiger charge is 2.49. The number of hydrogen-bond donors (Lipinski definition) is 1. The van der Waals surface area contributed by atoms with Crippen molar-refractivity contribution in [1.29, 1.82) is 0 Å². The molecule has 1 fully saturated rings. The van der Waals surface area contributed by atoms with Crippen LogP contribution in [0.5, 0.6) is 0 Å². The lowest BCUT2D eigenvalue weighted by molar-refractivity contribution is 0.587. The molecule has 35 heavy (non-hydrogen) atoms. The van der Waals surface area contributed by atoms with Crippen molar-refractivity contribution in [2.45, 2.75) is 65.5 Å². The predicted molar refractivity (Wildman–Crippen MR) is 136 cm³/mol. The molecule has 2 atom stereocenters. The summed E-state index contributed by atoms with van der Waals surface area (Å²) in [4.78, 5) is 18.2. The number of nitrogens with one attached hydrogen (secondary N) is 1. The van der Waals surface area contributed by atoms with E-state index in [0.717, 1.165) is 60.2 Å². The van der Waals surface area contributed by atoms with Crippen molar-refractivity contribution in [2.75, 3.05) is 0 Å². The third kappa shape index (κ3) is 4.45. The average Bonchev–Trinajstić information content (AvgIpc) is 3.18. The minimum absolute atomic E-state index is 0.101. The smallest absolute Gasteiger partial charge is 0.295 e. The van der Waals surface area contributed by atoms with Gasteiger partial charge in [-0.3, -0.25) is 14.1 Å². The fourth-order valence-electron chi connectivity index (χ4n) is 5.46. The molecule has 2 unspecified atom stereocenters. The van der Waals surface area contributed by atoms with E-state index in [-0.39, 0.29) is 5.69 Å². The molecule has 0 amide bonds. The topological polar surface area (TPSA) is 94.3 Å². The van der Waals surface area contributed by atoms with Gasteiger partial charge >= 0.3 is 5.69 Å². The maximum absolute atomic E-state index is 13.5. The molecule has 1 N–H and O–H groups in total. The molecule has 4 aromatic rings. The van der Waals surface area contributed by atoms with Gasteiger partial charge in [0.25, 0.3) is 0 Å². The SMILES string of the molecule is CCCCc1cn(C2C(CC)C2CC)c(=O)n1Cc1ccc(-c2ccccc2-c2nn[nH]n2)cn1. The first-order chi connectivity index (χ1) is 17.2. The van der Waals surface area contributed by atoms with Crippen molar-refractivity contribution in [3.8, 4) is 22.5 Å². The molecule has 1 aliphatic carbocycles. The zero-order valence-electron chi connectivity index (χ0n) is 20.7. The van der Waals surface area contributed by atoms with E-state index in [1.165, 1.54) is 0 Å². The number of aromatic nitrogens is 7. The summed E-state index contributed by atoms with van der Waals surface area (Å²) in [6.45, 7) is 7.14. The second-order valence-electron chi connectivity index (χ2n) is 9.45. The number of pyridine rings is 1. The van der Waals surface area contributed by atoms with Gasteiger partial charge < -0.3 is 0 Å². The number of benzene rings is 1. The summed E-state index contributed by atoms with van der Waals surface area (Å²) in [5, 5.41) is 14.5. The largest absolute Gasteiger partial charge is 0.328 e. The van der Waals surface area contributed by atoms with Gasteiger partial charge in [-0.25, -0.2) is 4.79 Å². The van der Waals surface area contributed by atoms with Crippen LogP contribution in [0.2, 0.25) is 0 Å². The minimum Gasteiger partial charge on any atom is -0.295 e. The Morgan fingerprint density at radius 1 is 1.00 bits per heavy atom. The summed E-state index contributed by atoms with van der Waals surface area (Å²) >= 11 is 0. The van der Waals surface area contributed by atoms with E-state index in [9.17, 15) is 4.79 Å². The van der Waals surface area contributed by atoms with Crippen molar-refractivity contribution < 1.29 is 0 Å². The molecular weight excluding hydrogens is 438 g/mol. The van der Waals surface area contributed by atoms with Gasteiger partial charge in [0.2, 0.25) is 5.82 Å². The fourth-order valence-corrected chi connectivity index (χ4v) is 5.46. The molecule has 0 spiro atoms. The summed E-state index contributed by atoms with van der Waals surface area (Å²) in [7, 11) is 0.